The number of ether oxygens (including phenoxy) is 1. The Bertz CT molecular complexity index is 421. The highest BCUT2D eigenvalue weighted by Crippen LogP contribution is 2.20. The summed E-state index contributed by atoms with van der Waals surface area (Å²) in [6.45, 7) is 3.82. The van der Waals surface area contributed by atoms with Crippen LogP contribution in [0.4, 0.5) is 5.69 Å². The normalized spacial score (nSPS) is 18.9. The molecule has 100 valence electrons. The first kappa shape index (κ1) is 15.2. The van der Waals surface area contributed by atoms with Gasteiger partial charge < -0.3 is 15.4 Å². The minimum atomic E-state index is -0.429. The second kappa shape index (κ2) is 6.95. The van der Waals surface area contributed by atoms with Gasteiger partial charge in [-0.05, 0) is 24.6 Å². The van der Waals surface area contributed by atoms with E-state index in [-0.39, 0.29) is 18.3 Å². The van der Waals surface area contributed by atoms with E-state index >= 15 is 0 Å². The average Bonchev–Trinajstić information content (AvgIpc) is 2.35. The monoisotopic (exact) mass is 290 g/mol. The van der Waals surface area contributed by atoms with Gasteiger partial charge in [0.15, 0.2) is 0 Å². The van der Waals surface area contributed by atoms with Gasteiger partial charge in [0.05, 0.1) is 6.61 Å². The molecule has 0 saturated carbocycles. The molecule has 1 atom stereocenters. The molecule has 1 amide bonds. The molecule has 1 fully saturated rings. The molecule has 1 unspecified atom stereocenters. The van der Waals surface area contributed by atoms with Crippen LogP contribution in [-0.2, 0) is 9.53 Å². The lowest BCUT2D eigenvalue weighted by atomic mass is 10.2. The number of halogens is 2. The number of nitrogens with one attached hydrogen (secondary N) is 2. The maximum Gasteiger partial charge on any atom is 0.254 e. The van der Waals surface area contributed by atoms with E-state index < -0.39 is 6.10 Å². The Labute approximate surface area is 117 Å². The van der Waals surface area contributed by atoms with Gasteiger partial charge in [0.2, 0.25) is 0 Å². The molecule has 1 saturated heterocycles. The second-order valence-electron chi connectivity index (χ2n) is 4.01. The molecule has 1 aromatic carbocycles. The van der Waals surface area contributed by atoms with Crippen molar-refractivity contribution in [3.05, 3.63) is 28.8 Å². The highest BCUT2D eigenvalue weighted by atomic mass is 35.5. The summed E-state index contributed by atoms with van der Waals surface area (Å²) in [5, 5.41) is 6.55. The molecule has 0 bridgehead atoms. The van der Waals surface area contributed by atoms with Crippen LogP contribution in [0, 0.1) is 6.92 Å². The SMILES string of the molecule is Cc1ccc(Cl)cc1NC(=O)C1CNCCO1.Cl. The van der Waals surface area contributed by atoms with Gasteiger partial charge in [-0.15, -0.1) is 12.4 Å². The standard InChI is InChI=1S/C12H15ClN2O2.ClH/c1-8-2-3-9(13)6-10(8)15-12(16)11-7-14-4-5-17-11;/h2-3,6,11,14H,4-5,7H2,1H3,(H,15,16);1H. The predicted molar refractivity (Wildman–Crippen MR) is 74.7 cm³/mol. The first-order valence-corrected chi connectivity index (χ1v) is 5.94. The summed E-state index contributed by atoms with van der Waals surface area (Å²) in [6.07, 6.45) is -0.429. The van der Waals surface area contributed by atoms with E-state index in [9.17, 15) is 4.79 Å². The van der Waals surface area contributed by atoms with Crippen LogP contribution in [-0.4, -0.2) is 31.7 Å². The molecule has 2 rings (SSSR count). The number of hydrogen-bond donors (Lipinski definition) is 2. The molecule has 18 heavy (non-hydrogen) atoms. The van der Waals surface area contributed by atoms with Crippen molar-refractivity contribution in [2.24, 2.45) is 0 Å². The summed E-state index contributed by atoms with van der Waals surface area (Å²) >= 11 is 5.89. The van der Waals surface area contributed by atoms with E-state index in [1.54, 1.807) is 12.1 Å². The Morgan fingerprint density at radius 3 is 3.00 bits per heavy atom. The number of carbonyl (C=O) groups excluding carboxylic acids is 1. The van der Waals surface area contributed by atoms with Crippen molar-refractivity contribution < 1.29 is 9.53 Å². The average molecular weight is 291 g/mol. The van der Waals surface area contributed by atoms with E-state index in [0.29, 0.717) is 18.2 Å². The molecule has 0 radical (unpaired) electrons. The number of hydrogen-bond acceptors (Lipinski definition) is 3. The van der Waals surface area contributed by atoms with E-state index in [0.717, 1.165) is 17.8 Å². The zero-order valence-corrected chi connectivity index (χ0v) is 11.6. The van der Waals surface area contributed by atoms with Crippen LogP contribution >= 0.6 is 24.0 Å². The molecule has 6 heteroatoms. The van der Waals surface area contributed by atoms with Crippen molar-refractivity contribution in [3.8, 4) is 0 Å². The van der Waals surface area contributed by atoms with Crippen molar-refractivity contribution in [1.29, 1.82) is 0 Å². The second-order valence-corrected chi connectivity index (χ2v) is 4.45. The van der Waals surface area contributed by atoms with Crippen molar-refractivity contribution in [2.75, 3.05) is 25.0 Å². The summed E-state index contributed by atoms with van der Waals surface area (Å²) in [7, 11) is 0. The highest BCUT2D eigenvalue weighted by molar-refractivity contribution is 6.31. The smallest absolute Gasteiger partial charge is 0.254 e. The summed E-state index contributed by atoms with van der Waals surface area (Å²) in [6, 6.07) is 5.41. The van der Waals surface area contributed by atoms with Crippen molar-refractivity contribution >= 4 is 35.6 Å². The zero-order valence-electron chi connectivity index (χ0n) is 10.0. The van der Waals surface area contributed by atoms with Crippen molar-refractivity contribution in [1.82, 2.24) is 5.32 Å². The van der Waals surface area contributed by atoms with Crippen LogP contribution in [0.2, 0.25) is 5.02 Å². The Kier molecular flexibility index (Phi) is 5.88. The number of aryl methyl sites for hydroxylation is 1. The molecule has 2 N–H and O–H groups in total. The lowest BCUT2D eigenvalue weighted by Crippen LogP contribution is -2.45. The van der Waals surface area contributed by atoms with Gasteiger partial charge in [-0.2, -0.15) is 0 Å². The maximum atomic E-state index is 11.9. The fourth-order valence-electron chi connectivity index (χ4n) is 1.68. The largest absolute Gasteiger partial charge is 0.366 e. The van der Waals surface area contributed by atoms with E-state index in [1.807, 2.05) is 13.0 Å². The van der Waals surface area contributed by atoms with Gasteiger partial charge in [0, 0.05) is 23.8 Å². The topological polar surface area (TPSA) is 50.4 Å². The summed E-state index contributed by atoms with van der Waals surface area (Å²) in [5.74, 6) is -0.137. The molecule has 1 aliphatic rings. The van der Waals surface area contributed by atoms with E-state index in [1.165, 1.54) is 0 Å². The number of rotatable bonds is 2. The quantitative estimate of drug-likeness (QED) is 0.876. The third kappa shape index (κ3) is 3.85. The van der Waals surface area contributed by atoms with Gasteiger partial charge >= 0.3 is 0 Å². The van der Waals surface area contributed by atoms with Crippen molar-refractivity contribution in [2.45, 2.75) is 13.0 Å². The minimum Gasteiger partial charge on any atom is -0.366 e. The third-order valence-electron chi connectivity index (χ3n) is 2.68. The third-order valence-corrected chi connectivity index (χ3v) is 2.91. The van der Waals surface area contributed by atoms with Gasteiger partial charge in [-0.3, -0.25) is 4.79 Å². The number of anilines is 1. The Morgan fingerprint density at radius 1 is 1.56 bits per heavy atom. The van der Waals surface area contributed by atoms with Crippen molar-refractivity contribution in [3.63, 3.8) is 0 Å². The Morgan fingerprint density at radius 2 is 2.33 bits per heavy atom. The van der Waals surface area contributed by atoms with Crippen LogP contribution in [0.15, 0.2) is 18.2 Å². The Hall–Kier alpha value is -0.810. The molecule has 0 aromatic heterocycles. The minimum absolute atomic E-state index is 0. The number of morpholine rings is 1. The number of carbonyl (C=O) groups is 1. The molecule has 0 aliphatic carbocycles. The first-order valence-electron chi connectivity index (χ1n) is 5.56. The number of amides is 1. The van der Waals surface area contributed by atoms with Gasteiger partial charge in [0.25, 0.3) is 5.91 Å². The van der Waals surface area contributed by atoms with Crippen LogP contribution in [0.3, 0.4) is 0 Å². The molecule has 4 nitrogen and oxygen atoms in total. The highest BCUT2D eigenvalue weighted by Gasteiger charge is 2.22. The molecule has 1 heterocycles. The van der Waals surface area contributed by atoms with Crippen LogP contribution in [0.25, 0.3) is 0 Å². The lowest BCUT2D eigenvalue weighted by Gasteiger charge is -2.23. The number of benzene rings is 1. The molecule has 1 aliphatic heterocycles. The fraction of sp³-hybridized carbons (Fsp3) is 0.417. The zero-order chi connectivity index (χ0) is 12.3. The van der Waals surface area contributed by atoms with E-state index in [2.05, 4.69) is 10.6 Å². The van der Waals surface area contributed by atoms with Gasteiger partial charge in [0.1, 0.15) is 6.10 Å². The summed E-state index contributed by atoms with van der Waals surface area (Å²) < 4.78 is 5.37. The predicted octanol–water partition coefficient (Wildman–Crippen LogP) is 2.00. The first-order chi connectivity index (χ1) is 8.16. The van der Waals surface area contributed by atoms with Crippen LogP contribution < -0.4 is 10.6 Å². The van der Waals surface area contributed by atoms with Gasteiger partial charge in [-0.25, -0.2) is 0 Å². The Balaban J connectivity index is 0.00000162. The van der Waals surface area contributed by atoms with Gasteiger partial charge in [-0.1, -0.05) is 17.7 Å². The molecular weight excluding hydrogens is 275 g/mol. The summed E-state index contributed by atoms with van der Waals surface area (Å²) in [4.78, 5) is 11.9. The van der Waals surface area contributed by atoms with Crippen LogP contribution in [0.1, 0.15) is 5.56 Å². The molecule has 0 spiro atoms. The molecule has 1 aromatic rings. The van der Waals surface area contributed by atoms with E-state index in [4.69, 9.17) is 16.3 Å². The maximum absolute atomic E-state index is 11.9. The lowest BCUT2D eigenvalue weighted by molar-refractivity contribution is -0.128. The fourth-order valence-corrected chi connectivity index (χ4v) is 1.85. The summed E-state index contributed by atoms with van der Waals surface area (Å²) in [5.41, 5.74) is 1.71. The van der Waals surface area contributed by atoms with Crippen LogP contribution in [0.5, 0.6) is 0 Å². The molecular formula is C12H16Cl2N2O2.